The van der Waals surface area contributed by atoms with Gasteiger partial charge in [0.15, 0.2) is 0 Å². The van der Waals surface area contributed by atoms with Crippen molar-refractivity contribution in [2.45, 2.75) is 58.3 Å². The SMILES string of the molecule is CC(C)c1nc(N(C)S(C)(=O)=O)nc(-c2ccc(F)cc2)c1CCCCCCC(=O)O. The number of unbranched alkanes of at least 4 members (excludes halogenated alkanes) is 3. The van der Waals surface area contributed by atoms with Gasteiger partial charge in [0, 0.05) is 24.6 Å². The smallest absolute Gasteiger partial charge is 0.303 e. The third kappa shape index (κ3) is 6.99. The average Bonchev–Trinajstić information content (AvgIpc) is 2.69. The van der Waals surface area contributed by atoms with Crippen LogP contribution in [0.15, 0.2) is 24.3 Å². The molecule has 0 radical (unpaired) electrons. The molecule has 0 amide bonds. The summed E-state index contributed by atoms with van der Waals surface area (Å²) < 4.78 is 38.7. The van der Waals surface area contributed by atoms with Gasteiger partial charge < -0.3 is 5.11 Å². The summed E-state index contributed by atoms with van der Waals surface area (Å²) in [6.07, 6.45) is 5.03. The molecule has 9 heteroatoms. The molecule has 0 aliphatic heterocycles. The van der Waals surface area contributed by atoms with E-state index in [0.29, 0.717) is 24.1 Å². The summed E-state index contributed by atoms with van der Waals surface area (Å²) in [6.45, 7) is 3.97. The molecule has 7 nitrogen and oxygen atoms in total. The minimum Gasteiger partial charge on any atom is -0.481 e. The second-order valence-electron chi connectivity index (χ2n) is 7.94. The Morgan fingerprint density at radius 3 is 2.26 bits per heavy atom. The quantitative estimate of drug-likeness (QED) is 0.509. The normalized spacial score (nSPS) is 11.7. The van der Waals surface area contributed by atoms with E-state index in [-0.39, 0.29) is 24.1 Å². The summed E-state index contributed by atoms with van der Waals surface area (Å²) in [4.78, 5) is 19.8. The van der Waals surface area contributed by atoms with Gasteiger partial charge in [-0.3, -0.25) is 4.79 Å². The summed E-state index contributed by atoms with van der Waals surface area (Å²) in [7, 11) is -2.14. The van der Waals surface area contributed by atoms with Crippen LogP contribution in [-0.2, 0) is 21.2 Å². The minimum atomic E-state index is -3.55. The lowest BCUT2D eigenvalue weighted by molar-refractivity contribution is -0.137. The van der Waals surface area contributed by atoms with Crippen LogP contribution in [0.5, 0.6) is 0 Å². The molecule has 2 aromatic rings. The van der Waals surface area contributed by atoms with Gasteiger partial charge in [0.25, 0.3) is 0 Å². The van der Waals surface area contributed by atoms with Gasteiger partial charge >= 0.3 is 5.97 Å². The standard InChI is InChI=1S/C22H30FN3O4S/c1-15(2)20-18(9-7-5-6-8-10-19(27)28)21(16-11-13-17(23)14-12-16)25-22(24-20)26(3)31(4,29)30/h11-15H,5-10H2,1-4H3,(H,27,28). The van der Waals surface area contributed by atoms with Gasteiger partial charge in [0.05, 0.1) is 17.6 Å². The summed E-state index contributed by atoms with van der Waals surface area (Å²) >= 11 is 0. The third-order valence-corrected chi connectivity index (χ3v) is 6.20. The number of nitrogens with zero attached hydrogens (tertiary/aromatic N) is 3. The van der Waals surface area contributed by atoms with Gasteiger partial charge in [-0.15, -0.1) is 0 Å². The van der Waals surface area contributed by atoms with Crippen molar-refractivity contribution >= 4 is 21.9 Å². The summed E-state index contributed by atoms with van der Waals surface area (Å²) in [6, 6.07) is 5.95. The summed E-state index contributed by atoms with van der Waals surface area (Å²) in [5, 5.41) is 8.77. The first-order valence-corrected chi connectivity index (χ1v) is 12.2. The zero-order valence-electron chi connectivity index (χ0n) is 18.4. The van der Waals surface area contributed by atoms with Crippen LogP contribution in [0.1, 0.15) is 63.1 Å². The largest absolute Gasteiger partial charge is 0.481 e. The maximum Gasteiger partial charge on any atom is 0.303 e. The second-order valence-corrected chi connectivity index (χ2v) is 9.95. The van der Waals surface area contributed by atoms with Crippen LogP contribution in [-0.4, -0.2) is 42.8 Å². The molecule has 0 spiro atoms. The summed E-state index contributed by atoms with van der Waals surface area (Å²) in [5.74, 6) is -1.05. The number of carboxylic acid groups (broad SMARTS) is 1. The van der Waals surface area contributed by atoms with E-state index >= 15 is 0 Å². The van der Waals surface area contributed by atoms with E-state index in [2.05, 4.69) is 9.97 Å². The number of carboxylic acids is 1. The van der Waals surface area contributed by atoms with Crippen LogP contribution in [0.4, 0.5) is 10.3 Å². The average molecular weight is 452 g/mol. The molecule has 1 aromatic heterocycles. The predicted molar refractivity (Wildman–Crippen MR) is 119 cm³/mol. The lowest BCUT2D eigenvalue weighted by Crippen LogP contribution is -2.28. The number of aromatic nitrogens is 2. The van der Waals surface area contributed by atoms with Gasteiger partial charge in [-0.05, 0) is 49.4 Å². The highest BCUT2D eigenvalue weighted by atomic mass is 32.2. The number of sulfonamides is 1. The molecule has 1 heterocycles. The van der Waals surface area contributed by atoms with Gasteiger partial charge in [-0.2, -0.15) is 0 Å². The first kappa shape index (κ1) is 24.7. The molecule has 0 fully saturated rings. The Kier molecular flexibility index (Phi) is 8.50. The number of aliphatic carboxylic acids is 1. The Hall–Kier alpha value is -2.55. The van der Waals surface area contributed by atoms with Crippen LogP contribution in [0, 0.1) is 5.82 Å². The first-order chi connectivity index (χ1) is 14.5. The molecule has 1 N–H and O–H groups in total. The van der Waals surface area contributed by atoms with Crippen LogP contribution in [0.2, 0.25) is 0 Å². The number of hydrogen-bond donors (Lipinski definition) is 1. The van der Waals surface area contributed by atoms with Crippen molar-refractivity contribution in [3.63, 3.8) is 0 Å². The molecule has 0 aliphatic rings. The number of benzene rings is 1. The van der Waals surface area contributed by atoms with Crippen LogP contribution >= 0.6 is 0 Å². The lowest BCUT2D eigenvalue weighted by Gasteiger charge is -2.21. The fourth-order valence-corrected chi connectivity index (χ4v) is 3.66. The van der Waals surface area contributed by atoms with E-state index in [1.165, 1.54) is 19.2 Å². The van der Waals surface area contributed by atoms with Crippen molar-refractivity contribution < 1.29 is 22.7 Å². The Morgan fingerprint density at radius 2 is 1.71 bits per heavy atom. The molecule has 0 atom stereocenters. The molecule has 0 saturated carbocycles. The molecular weight excluding hydrogens is 421 g/mol. The molecule has 0 bridgehead atoms. The molecule has 170 valence electrons. The maximum atomic E-state index is 13.5. The Bertz CT molecular complexity index is 1010. The number of halogens is 1. The van der Waals surface area contributed by atoms with Crippen LogP contribution in [0.3, 0.4) is 0 Å². The monoisotopic (exact) mass is 451 g/mol. The fraction of sp³-hybridized carbons (Fsp3) is 0.500. The molecule has 0 saturated heterocycles. The van der Waals surface area contributed by atoms with Crippen LogP contribution in [0.25, 0.3) is 11.3 Å². The molecule has 1 aromatic carbocycles. The van der Waals surface area contributed by atoms with Crippen molar-refractivity contribution in [2.24, 2.45) is 0 Å². The van der Waals surface area contributed by atoms with E-state index in [4.69, 9.17) is 5.11 Å². The van der Waals surface area contributed by atoms with E-state index in [9.17, 15) is 17.6 Å². The van der Waals surface area contributed by atoms with Crippen molar-refractivity contribution in [1.29, 1.82) is 0 Å². The molecular formula is C22H30FN3O4S. The zero-order chi connectivity index (χ0) is 23.2. The second kappa shape index (κ2) is 10.7. The molecule has 0 aliphatic carbocycles. The zero-order valence-corrected chi connectivity index (χ0v) is 19.2. The number of carbonyl (C=O) groups is 1. The topological polar surface area (TPSA) is 100 Å². The van der Waals surface area contributed by atoms with E-state index < -0.39 is 16.0 Å². The summed E-state index contributed by atoms with van der Waals surface area (Å²) in [5.41, 5.74) is 2.94. The van der Waals surface area contributed by atoms with Crippen molar-refractivity contribution in [2.75, 3.05) is 17.6 Å². The maximum absolute atomic E-state index is 13.5. The predicted octanol–water partition coefficient (Wildman–Crippen LogP) is 4.38. The van der Waals surface area contributed by atoms with Gasteiger partial charge in [-0.1, -0.05) is 26.7 Å². The highest BCUT2D eigenvalue weighted by molar-refractivity contribution is 7.92. The molecule has 0 unspecified atom stereocenters. The highest BCUT2D eigenvalue weighted by Crippen LogP contribution is 2.31. The van der Waals surface area contributed by atoms with E-state index in [1.54, 1.807) is 12.1 Å². The first-order valence-electron chi connectivity index (χ1n) is 10.3. The van der Waals surface area contributed by atoms with Crippen molar-refractivity contribution in [1.82, 2.24) is 9.97 Å². The van der Waals surface area contributed by atoms with E-state index in [1.807, 2.05) is 13.8 Å². The highest BCUT2D eigenvalue weighted by Gasteiger charge is 2.22. The van der Waals surface area contributed by atoms with Crippen LogP contribution < -0.4 is 4.31 Å². The minimum absolute atomic E-state index is 0.0240. The molecule has 31 heavy (non-hydrogen) atoms. The Labute approximate surface area is 183 Å². The lowest BCUT2D eigenvalue weighted by atomic mass is 9.94. The van der Waals surface area contributed by atoms with Gasteiger partial charge in [0.2, 0.25) is 16.0 Å². The van der Waals surface area contributed by atoms with E-state index in [0.717, 1.165) is 41.1 Å². The van der Waals surface area contributed by atoms with Crippen molar-refractivity contribution in [3.8, 4) is 11.3 Å². The number of hydrogen-bond acceptors (Lipinski definition) is 5. The third-order valence-electron chi connectivity index (χ3n) is 5.04. The Balaban J connectivity index is 2.45. The fourth-order valence-electron chi connectivity index (χ4n) is 3.28. The Morgan fingerprint density at radius 1 is 1.10 bits per heavy atom. The number of rotatable bonds is 11. The number of anilines is 1. The van der Waals surface area contributed by atoms with Gasteiger partial charge in [0.1, 0.15) is 5.82 Å². The van der Waals surface area contributed by atoms with Gasteiger partial charge in [-0.25, -0.2) is 27.1 Å². The van der Waals surface area contributed by atoms with Crippen molar-refractivity contribution in [3.05, 3.63) is 41.3 Å². The molecule has 2 rings (SSSR count).